The fourth-order valence-electron chi connectivity index (χ4n) is 1.14. The van der Waals surface area contributed by atoms with E-state index in [1.165, 1.54) is 0 Å². The zero-order chi connectivity index (χ0) is 9.84. The quantitative estimate of drug-likeness (QED) is 0.773. The van der Waals surface area contributed by atoms with Gasteiger partial charge in [-0.2, -0.15) is 5.10 Å². The number of aliphatic hydroxyl groups excluding tert-OH is 1. The molecule has 0 aliphatic rings. The molecule has 74 valence electrons. The lowest BCUT2D eigenvalue weighted by molar-refractivity contribution is 0.199. The van der Waals surface area contributed by atoms with Crippen LogP contribution in [0, 0.1) is 5.92 Å². The maximum Gasteiger partial charge on any atom is 0.0792 e. The van der Waals surface area contributed by atoms with E-state index in [1.54, 1.807) is 13.1 Å². The van der Waals surface area contributed by atoms with Gasteiger partial charge in [0.25, 0.3) is 0 Å². The maximum absolute atomic E-state index is 9.28. The Morgan fingerprint density at radius 3 is 2.69 bits per heavy atom. The second kappa shape index (κ2) is 4.42. The second-order valence-electron chi connectivity index (χ2n) is 3.69. The van der Waals surface area contributed by atoms with Crippen molar-refractivity contribution in [2.24, 2.45) is 5.92 Å². The lowest BCUT2D eigenvalue weighted by atomic mass is 10.1. The third-order valence-electron chi connectivity index (χ3n) is 2.33. The van der Waals surface area contributed by atoms with Gasteiger partial charge >= 0.3 is 0 Å². The minimum absolute atomic E-state index is 0.411. The molecule has 2 atom stereocenters. The van der Waals surface area contributed by atoms with E-state index in [-0.39, 0.29) is 0 Å². The molecule has 0 aromatic carbocycles. The van der Waals surface area contributed by atoms with Crippen molar-refractivity contribution in [3.05, 3.63) is 18.0 Å². The lowest BCUT2D eigenvalue weighted by Crippen LogP contribution is -2.06. The van der Waals surface area contributed by atoms with Crippen LogP contribution in [0.1, 0.15) is 38.9 Å². The first kappa shape index (κ1) is 10.3. The predicted molar refractivity (Wildman–Crippen MR) is 52.3 cm³/mol. The second-order valence-corrected chi connectivity index (χ2v) is 3.69. The Kier molecular flexibility index (Phi) is 3.48. The Bertz CT molecular complexity index is 255. The molecule has 0 radical (unpaired) electrons. The molecular weight excluding hydrogens is 164 g/mol. The molecule has 1 heterocycles. The molecule has 13 heavy (non-hydrogen) atoms. The summed E-state index contributed by atoms with van der Waals surface area (Å²) >= 11 is 0. The van der Waals surface area contributed by atoms with Crippen LogP contribution >= 0.6 is 0 Å². The van der Waals surface area contributed by atoms with Crippen molar-refractivity contribution >= 4 is 0 Å². The molecule has 1 rings (SSSR count). The number of rotatable bonds is 4. The summed E-state index contributed by atoms with van der Waals surface area (Å²) in [6.07, 6.45) is 4.39. The lowest BCUT2D eigenvalue weighted by Gasteiger charge is -2.07. The zero-order valence-electron chi connectivity index (χ0n) is 8.57. The Morgan fingerprint density at radius 2 is 2.23 bits per heavy atom. The fraction of sp³-hybridized carbons (Fsp3) is 0.700. The van der Waals surface area contributed by atoms with E-state index in [2.05, 4.69) is 18.9 Å². The van der Waals surface area contributed by atoms with Crippen LogP contribution in [0.2, 0.25) is 0 Å². The van der Waals surface area contributed by atoms with Crippen molar-refractivity contribution in [2.75, 3.05) is 0 Å². The van der Waals surface area contributed by atoms with Crippen LogP contribution in [0.25, 0.3) is 0 Å². The first-order valence-electron chi connectivity index (χ1n) is 4.84. The highest BCUT2D eigenvalue weighted by atomic mass is 16.3. The van der Waals surface area contributed by atoms with E-state index < -0.39 is 6.10 Å². The summed E-state index contributed by atoms with van der Waals surface area (Å²) in [5, 5.41) is 13.5. The number of hydrogen-bond acceptors (Lipinski definition) is 2. The summed E-state index contributed by atoms with van der Waals surface area (Å²) in [6, 6.07) is 0. The van der Waals surface area contributed by atoms with Crippen LogP contribution in [0.4, 0.5) is 0 Å². The molecule has 0 amide bonds. The highest BCUT2D eigenvalue weighted by Gasteiger charge is 2.05. The Hall–Kier alpha value is -0.830. The maximum atomic E-state index is 9.28. The third kappa shape index (κ3) is 2.84. The van der Waals surface area contributed by atoms with E-state index in [9.17, 15) is 5.11 Å². The van der Waals surface area contributed by atoms with Crippen LogP contribution in [0.15, 0.2) is 12.4 Å². The van der Waals surface area contributed by atoms with Gasteiger partial charge in [-0.05, 0) is 12.8 Å². The standard InChI is InChI=1S/C10H18N2O/c1-4-8(2)6-12-7-10(5-11-12)9(3)13/h5,7-9,13H,4,6H2,1-3H3. The van der Waals surface area contributed by atoms with Crippen molar-refractivity contribution < 1.29 is 5.11 Å². The van der Waals surface area contributed by atoms with Crippen molar-refractivity contribution in [1.82, 2.24) is 9.78 Å². The number of nitrogens with zero attached hydrogens (tertiary/aromatic N) is 2. The van der Waals surface area contributed by atoms with Gasteiger partial charge < -0.3 is 5.11 Å². The van der Waals surface area contributed by atoms with Crippen LogP contribution in [-0.2, 0) is 6.54 Å². The smallest absolute Gasteiger partial charge is 0.0792 e. The van der Waals surface area contributed by atoms with Gasteiger partial charge in [0.2, 0.25) is 0 Å². The normalized spacial score (nSPS) is 15.7. The van der Waals surface area contributed by atoms with Gasteiger partial charge in [-0.15, -0.1) is 0 Å². The van der Waals surface area contributed by atoms with E-state index in [0.717, 1.165) is 18.5 Å². The molecule has 0 bridgehead atoms. The summed E-state index contributed by atoms with van der Waals surface area (Å²) < 4.78 is 1.90. The predicted octanol–water partition coefficient (Wildman–Crippen LogP) is 1.98. The van der Waals surface area contributed by atoms with Gasteiger partial charge in [-0.25, -0.2) is 0 Å². The van der Waals surface area contributed by atoms with Gasteiger partial charge in [0, 0.05) is 18.3 Å². The Morgan fingerprint density at radius 1 is 1.54 bits per heavy atom. The average molecular weight is 182 g/mol. The van der Waals surface area contributed by atoms with Gasteiger partial charge in [-0.3, -0.25) is 4.68 Å². The van der Waals surface area contributed by atoms with Crippen LogP contribution in [0.3, 0.4) is 0 Å². The van der Waals surface area contributed by atoms with Crippen molar-refractivity contribution in [2.45, 2.75) is 39.8 Å². The molecule has 0 fully saturated rings. The van der Waals surface area contributed by atoms with E-state index in [4.69, 9.17) is 0 Å². The summed E-state index contributed by atoms with van der Waals surface area (Å²) in [7, 11) is 0. The minimum atomic E-state index is -0.411. The van der Waals surface area contributed by atoms with E-state index in [0.29, 0.717) is 5.92 Å². The molecular formula is C10H18N2O. The van der Waals surface area contributed by atoms with Crippen LogP contribution < -0.4 is 0 Å². The molecule has 1 N–H and O–H groups in total. The molecule has 0 saturated heterocycles. The highest BCUT2D eigenvalue weighted by molar-refractivity contribution is 5.06. The molecule has 0 spiro atoms. The summed E-state index contributed by atoms with van der Waals surface area (Å²) in [6.45, 7) is 7.06. The molecule has 0 aliphatic carbocycles. The zero-order valence-corrected chi connectivity index (χ0v) is 8.57. The molecule has 3 nitrogen and oxygen atoms in total. The molecule has 0 saturated carbocycles. The van der Waals surface area contributed by atoms with Crippen molar-refractivity contribution in [3.63, 3.8) is 0 Å². The summed E-state index contributed by atoms with van der Waals surface area (Å²) in [4.78, 5) is 0. The highest BCUT2D eigenvalue weighted by Crippen LogP contribution is 2.11. The number of aromatic nitrogens is 2. The van der Waals surface area contributed by atoms with Crippen LogP contribution in [-0.4, -0.2) is 14.9 Å². The van der Waals surface area contributed by atoms with Crippen molar-refractivity contribution in [3.8, 4) is 0 Å². The van der Waals surface area contributed by atoms with Crippen molar-refractivity contribution in [1.29, 1.82) is 0 Å². The molecule has 1 aromatic rings. The number of aliphatic hydroxyl groups is 1. The van der Waals surface area contributed by atoms with Gasteiger partial charge in [0.15, 0.2) is 0 Å². The first-order chi connectivity index (χ1) is 6.13. The topological polar surface area (TPSA) is 38.0 Å². The van der Waals surface area contributed by atoms with Gasteiger partial charge in [0.05, 0.1) is 12.3 Å². The number of hydrogen-bond donors (Lipinski definition) is 1. The molecule has 0 aliphatic heterocycles. The largest absolute Gasteiger partial charge is 0.389 e. The van der Waals surface area contributed by atoms with Crippen LogP contribution in [0.5, 0.6) is 0 Å². The monoisotopic (exact) mass is 182 g/mol. The summed E-state index contributed by atoms with van der Waals surface area (Å²) in [5.74, 6) is 0.641. The molecule has 2 unspecified atom stereocenters. The average Bonchev–Trinajstić information content (AvgIpc) is 2.52. The third-order valence-corrected chi connectivity index (χ3v) is 2.33. The minimum Gasteiger partial charge on any atom is -0.389 e. The first-order valence-corrected chi connectivity index (χ1v) is 4.84. The van der Waals surface area contributed by atoms with E-state index >= 15 is 0 Å². The van der Waals surface area contributed by atoms with Gasteiger partial charge in [0.1, 0.15) is 0 Å². The van der Waals surface area contributed by atoms with E-state index in [1.807, 2.05) is 10.9 Å². The van der Waals surface area contributed by atoms with Gasteiger partial charge in [-0.1, -0.05) is 20.3 Å². The summed E-state index contributed by atoms with van der Waals surface area (Å²) in [5.41, 5.74) is 0.892. The Balaban J connectivity index is 2.58. The SMILES string of the molecule is CCC(C)Cn1cc(C(C)O)cn1. The fourth-order valence-corrected chi connectivity index (χ4v) is 1.14. The Labute approximate surface area is 79.4 Å². The molecule has 1 aromatic heterocycles. The molecule has 3 heteroatoms.